The largest absolute Gasteiger partial charge is 1.00 e. The number of carboxylic acid groups (broad SMARTS) is 1. The molecule has 0 atom stereocenters. The van der Waals surface area contributed by atoms with Gasteiger partial charge in [-0.1, -0.05) is 47.4 Å². The molecule has 0 aliphatic carbocycles. The molecular weight excluding hydrogens is 420 g/mol. The smallest absolute Gasteiger partial charge is 0.346 e. The van der Waals surface area contributed by atoms with Crippen LogP contribution in [0.15, 0.2) is 58.5 Å². The molecule has 4 nitrogen and oxygen atoms in total. The summed E-state index contributed by atoms with van der Waals surface area (Å²) in [6.45, 7) is 0. The van der Waals surface area contributed by atoms with E-state index >= 15 is 0 Å². The fraction of sp³-hybridized carbons (Fsp3) is 0.111. The molecule has 0 saturated heterocycles. The molecule has 0 saturated carbocycles. The number of aromatic nitrogens is 1. The average Bonchev–Trinajstić information content (AvgIpc) is 3.07. The fourth-order valence-corrected chi connectivity index (χ4v) is 5.35. The highest BCUT2D eigenvalue weighted by Gasteiger charge is 2.34. The molecule has 0 radical (unpaired) electrons. The van der Waals surface area contributed by atoms with E-state index in [2.05, 4.69) is 0 Å². The zero-order valence-electron chi connectivity index (χ0n) is 13.6. The van der Waals surface area contributed by atoms with Gasteiger partial charge >= 0.3 is 5.97 Å². The van der Waals surface area contributed by atoms with E-state index in [4.69, 9.17) is 0 Å². The zero-order valence-corrected chi connectivity index (χ0v) is 16.8. The summed E-state index contributed by atoms with van der Waals surface area (Å²) in [4.78, 5) is 15.2. The second-order valence-electron chi connectivity index (χ2n) is 5.55. The standard InChI is InChI=1S/C18H14N2O2S2.BrH/c1-19-11-7-3-5-9-13(11)23-16(19)15(18(21)22)17-20(2)12-8-4-6-10-14(12)24-17;/h3-10H,1-2H3;1H. The fourth-order valence-electron chi connectivity index (χ4n) is 2.92. The van der Waals surface area contributed by atoms with Gasteiger partial charge in [0.25, 0.3) is 5.01 Å². The third kappa shape index (κ3) is 2.86. The molecule has 0 amide bonds. The molecule has 7 heteroatoms. The number of nitrogens with zero attached hydrogens (tertiary/aromatic N) is 2. The molecule has 1 aliphatic rings. The molecule has 0 spiro atoms. The Bertz CT molecular complexity index is 1010. The Hall–Kier alpha value is -1.83. The van der Waals surface area contributed by atoms with Crippen molar-refractivity contribution in [3.05, 3.63) is 58.6 Å². The number of fused-ring (bicyclic) bond motifs is 2. The van der Waals surface area contributed by atoms with Crippen molar-refractivity contribution in [1.82, 2.24) is 0 Å². The maximum atomic E-state index is 12.1. The number of thioether (sulfide) groups is 1. The lowest BCUT2D eigenvalue weighted by Crippen LogP contribution is -3.00. The third-order valence-electron chi connectivity index (χ3n) is 4.12. The molecule has 0 bridgehead atoms. The molecule has 1 aliphatic heterocycles. The van der Waals surface area contributed by atoms with Crippen molar-refractivity contribution in [3.63, 3.8) is 0 Å². The highest BCUT2D eigenvalue weighted by atomic mass is 79.9. The Morgan fingerprint density at radius 1 is 1.12 bits per heavy atom. The number of hydrogen-bond donors (Lipinski definition) is 1. The quantitative estimate of drug-likeness (QED) is 0.476. The third-order valence-corrected chi connectivity index (χ3v) is 6.59. The Morgan fingerprint density at radius 3 is 2.48 bits per heavy atom. The van der Waals surface area contributed by atoms with E-state index in [9.17, 15) is 9.90 Å². The second-order valence-corrected chi connectivity index (χ2v) is 7.61. The predicted molar refractivity (Wildman–Crippen MR) is 98.3 cm³/mol. The number of carbonyl (C=O) groups is 1. The summed E-state index contributed by atoms with van der Waals surface area (Å²) in [5, 5.41) is 11.4. The van der Waals surface area contributed by atoms with Gasteiger partial charge in [0.2, 0.25) is 5.52 Å². The number of hydrogen-bond acceptors (Lipinski definition) is 4. The predicted octanol–water partition coefficient (Wildman–Crippen LogP) is 0.725. The SMILES string of the molecule is CN1C(=C(C(=O)O)c2sc3ccccc3[n+]2C)Sc2ccccc21.[Br-]. The van der Waals surface area contributed by atoms with Crippen molar-refractivity contribution < 1.29 is 31.4 Å². The van der Waals surface area contributed by atoms with E-state index in [1.807, 2.05) is 72.1 Å². The number of anilines is 1. The van der Waals surface area contributed by atoms with E-state index < -0.39 is 5.97 Å². The maximum Gasteiger partial charge on any atom is 0.346 e. The highest BCUT2D eigenvalue weighted by molar-refractivity contribution is 8.04. The van der Waals surface area contributed by atoms with Crippen LogP contribution in [0.3, 0.4) is 0 Å². The Balaban J connectivity index is 0.00000182. The lowest BCUT2D eigenvalue weighted by Gasteiger charge is -2.14. The molecule has 3 aromatic rings. The van der Waals surface area contributed by atoms with Gasteiger partial charge in [0.05, 0.1) is 5.69 Å². The molecule has 128 valence electrons. The molecular formula is C18H15BrN2O2S2. The molecule has 0 fully saturated rings. The number of benzene rings is 2. The van der Waals surface area contributed by atoms with Crippen LogP contribution in [0.2, 0.25) is 0 Å². The highest BCUT2D eigenvalue weighted by Crippen LogP contribution is 2.48. The number of thiazole rings is 1. The van der Waals surface area contributed by atoms with E-state index in [0.29, 0.717) is 5.57 Å². The van der Waals surface area contributed by atoms with E-state index in [1.54, 1.807) is 0 Å². The summed E-state index contributed by atoms with van der Waals surface area (Å²) in [6, 6.07) is 16.0. The zero-order chi connectivity index (χ0) is 16.8. The van der Waals surface area contributed by atoms with Gasteiger partial charge in [0.15, 0.2) is 5.57 Å². The molecule has 1 aromatic heterocycles. The monoisotopic (exact) mass is 434 g/mol. The van der Waals surface area contributed by atoms with Crippen molar-refractivity contribution >= 4 is 50.5 Å². The van der Waals surface area contributed by atoms with Gasteiger partial charge in [0.1, 0.15) is 16.8 Å². The molecule has 1 N–H and O–H groups in total. The number of rotatable bonds is 2. The van der Waals surface area contributed by atoms with E-state index in [0.717, 1.165) is 30.8 Å². The molecule has 0 unspecified atom stereocenters. The normalized spacial score (nSPS) is 15.0. The van der Waals surface area contributed by atoms with Crippen LogP contribution in [-0.4, -0.2) is 18.1 Å². The van der Waals surface area contributed by atoms with E-state index in [-0.39, 0.29) is 17.0 Å². The van der Waals surface area contributed by atoms with Crippen LogP contribution in [0, 0.1) is 0 Å². The lowest BCUT2D eigenvalue weighted by molar-refractivity contribution is -0.642. The van der Waals surface area contributed by atoms with Gasteiger partial charge in [-0.15, -0.1) is 0 Å². The number of para-hydroxylation sites is 2. The van der Waals surface area contributed by atoms with Crippen LogP contribution >= 0.6 is 23.1 Å². The Morgan fingerprint density at radius 2 is 1.80 bits per heavy atom. The minimum absolute atomic E-state index is 0. The number of carboxylic acids is 1. The van der Waals surface area contributed by atoms with Crippen LogP contribution in [0.25, 0.3) is 15.8 Å². The first-order valence-corrected chi connectivity index (χ1v) is 9.07. The van der Waals surface area contributed by atoms with Gasteiger partial charge in [-0.25, -0.2) is 4.79 Å². The molecule has 4 rings (SSSR count). The first kappa shape index (κ1) is 18.0. The minimum Gasteiger partial charge on any atom is -1.00 e. The summed E-state index contributed by atoms with van der Waals surface area (Å²) in [6.07, 6.45) is 0. The Kier molecular flexibility index (Phi) is 4.90. The first-order valence-electron chi connectivity index (χ1n) is 7.44. The van der Waals surface area contributed by atoms with Crippen molar-refractivity contribution in [2.24, 2.45) is 7.05 Å². The van der Waals surface area contributed by atoms with Gasteiger partial charge in [-0.2, -0.15) is 4.57 Å². The number of halogens is 1. The Labute approximate surface area is 164 Å². The van der Waals surface area contributed by atoms with Gasteiger partial charge in [0, 0.05) is 18.0 Å². The van der Waals surface area contributed by atoms with Crippen molar-refractivity contribution in [2.45, 2.75) is 4.90 Å². The van der Waals surface area contributed by atoms with Gasteiger partial charge in [-0.05, 0) is 18.2 Å². The topological polar surface area (TPSA) is 44.4 Å². The molecule has 2 heterocycles. The minimum atomic E-state index is -0.903. The lowest BCUT2D eigenvalue weighted by atomic mass is 10.2. The molecule has 25 heavy (non-hydrogen) atoms. The van der Waals surface area contributed by atoms with Crippen LogP contribution in [-0.2, 0) is 11.8 Å². The number of aryl methyl sites for hydroxylation is 1. The summed E-state index contributed by atoms with van der Waals surface area (Å²) in [5.74, 6) is -0.903. The first-order chi connectivity index (χ1) is 11.6. The van der Waals surface area contributed by atoms with Crippen molar-refractivity contribution in [1.29, 1.82) is 0 Å². The summed E-state index contributed by atoms with van der Waals surface area (Å²) in [5.41, 5.74) is 2.43. The van der Waals surface area contributed by atoms with Crippen LogP contribution in [0.5, 0.6) is 0 Å². The number of aliphatic carboxylic acids is 1. The van der Waals surface area contributed by atoms with Gasteiger partial charge in [-0.3, -0.25) is 0 Å². The van der Waals surface area contributed by atoms with Crippen molar-refractivity contribution in [3.8, 4) is 0 Å². The second kappa shape index (κ2) is 6.82. The summed E-state index contributed by atoms with van der Waals surface area (Å²) >= 11 is 3.02. The van der Waals surface area contributed by atoms with Crippen LogP contribution < -0.4 is 26.4 Å². The van der Waals surface area contributed by atoms with Crippen molar-refractivity contribution in [2.75, 3.05) is 11.9 Å². The maximum absolute atomic E-state index is 12.1. The van der Waals surface area contributed by atoms with Crippen LogP contribution in [0.1, 0.15) is 5.01 Å². The summed E-state index contributed by atoms with van der Waals surface area (Å²) in [7, 11) is 3.84. The summed E-state index contributed by atoms with van der Waals surface area (Å²) < 4.78 is 3.05. The van der Waals surface area contributed by atoms with E-state index in [1.165, 1.54) is 23.1 Å². The molecule has 2 aromatic carbocycles. The van der Waals surface area contributed by atoms with Crippen LogP contribution in [0.4, 0.5) is 5.69 Å². The average molecular weight is 435 g/mol. The van der Waals surface area contributed by atoms with Gasteiger partial charge < -0.3 is 27.0 Å².